The Balaban J connectivity index is 1.36. The van der Waals surface area contributed by atoms with Gasteiger partial charge in [-0.2, -0.15) is 0 Å². The summed E-state index contributed by atoms with van der Waals surface area (Å²) in [6.45, 7) is 1.95. The summed E-state index contributed by atoms with van der Waals surface area (Å²) in [6.07, 6.45) is 6.14. The minimum atomic E-state index is -0.518. The largest absolute Gasteiger partial charge is 0.508 e. The maximum Gasteiger partial charge on any atom is 0.508 e. The number of ether oxygens (including phenoxy) is 3. The molecule has 0 aromatic heterocycles. The Bertz CT molecular complexity index is 405. The van der Waals surface area contributed by atoms with E-state index in [1.807, 2.05) is 18.2 Å². The highest BCUT2D eigenvalue weighted by Gasteiger charge is 2.23. The van der Waals surface area contributed by atoms with Crippen molar-refractivity contribution >= 4 is 6.16 Å². The van der Waals surface area contributed by atoms with Gasteiger partial charge in [0.25, 0.3) is 0 Å². The summed E-state index contributed by atoms with van der Waals surface area (Å²) < 4.78 is 15.4. The van der Waals surface area contributed by atoms with Gasteiger partial charge in [-0.1, -0.05) is 49.6 Å². The van der Waals surface area contributed by atoms with E-state index >= 15 is 0 Å². The molecule has 0 spiro atoms. The Morgan fingerprint density at radius 3 is 2.57 bits per heavy atom. The van der Waals surface area contributed by atoms with E-state index in [0.29, 0.717) is 13.2 Å². The standard InChI is InChI=1S/C17H24O4/c18-17-20-14-16(21-17)11-7-2-1-3-8-12-19-13-15-9-5-4-6-10-15/h4-6,9-10,16H,1-3,7-8,11-14H2. The molecule has 1 heterocycles. The van der Waals surface area contributed by atoms with Crippen molar-refractivity contribution < 1.29 is 19.0 Å². The normalized spacial score (nSPS) is 17.5. The van der Waals surface area contributed by atoms with Gasteiger partial charge in [-0.15, -0.1) is 0 Å². The average molecular weight is 292 g/mol. The van der Waals surface area contributed by atoms with Gasteiger partial charge in [-0.05, 0) is 24.8 Å². The van der Waals surface area contributed by atoms with E-state index in [4.69, 9.17) is 14.2 Å². The highest BCUT2D eigenvalue weighted by atomic mass is 16.8. The SMILES string of the molecule is O=C1OCC(CCCCCCCOCc2ccccc2)O1. The zero-order chi connectivity index (χ0) is 14.8. The number of cyclic esters (lactones) is 2. The fourth-order valence-electron chi connectivity index (χ4n) is 2.38. The molecule has 21 heavy (non-hydrogen) atoms. The molecule has 116 valence electrons. The lowest BCUT2D eigenvalue weighted by atomic mass is 10.1. The molecule has 4 nitrogen and oxygen atoms in total. The van der Waals surface area contributed by atoms with E-state index in [1.165, 1.54) is 24.8 Å². The lowest BCUT2D eigenvalue weighted by molar-refractivity contribution is 0.114. The van der Waals surface area contributed by atoms with Gasteiger partial charge in [-0.3, -0.25) is 0 Å². The Morgan fingerprint density at radius 2 is 1.81 bits per heavy atom. The number of hydrogen-bond acceptors (Lipinski definition) is 4. The zero-order valence-electron chi connectivity index (χ0n) is 12.5. The van der Waals surface area contributed by atoms with Crippen molar-refractivity contribution in [1.29, 1.82) is 0 Å². The van der Waals surface area contributed by atoms with Crippen LogP contribution in [0.3, 0.4) is 0 Å². The molecule has 4 heteroatoms. The first-order valence-electron chi connectivity index (χ1n) is 7.79. The van der Waals surface area contributed by atoms with Crippen molar-refractivity contribution in [3.8, 4) is 0 Å². The third-order valence-corrected chi connectivity index (χ3v) is 3.58. The molecule has 0 amide bonds. The van der Waals surface area contributed by atoms with E-state index < -0.39 is 6.16 Å². The molecule has 1 unspecified atom stereocenters. The topological polar surface area (TPSA) is 44.8 Å². The van der Waals surface area contributed by atoms with Crippen LogP contribution < -0.4 is 0 Å². The van der Waals surface area contributed by atoms with Crippen molar-refractivity contribution in [2.45, 2.75) is 51.2 Å². The predicted molar refractivity (Wildman–Crippen MR) is 80.0 cm³/mol. The van der Waals surface area contributed by atoms with Gasteiger partial charge >= 0.3 is 6.16 Å². The number of carbonyl (C=O) groups is 1. The van der Waals surface area contributed by atoms with Crippen LogP contribution in [0.4, 0.5) is 4.79 Å². The van der Waals surface area contributed by atoms with Crippen molar-refractivity contribution in [3.05, 3.63) is 35.9 Å². The molecular formula is C17H24O4. The third-order valence-electron chi connectivity index (χ3n) is 3.58. The first kappa shape index (κ1) is 15.8. The minimum Gasteiger partial charge on any atom is -0.430 e. The molecule has 0 radical (unpaired) electrons. The molecule has 0 bridgehead atoms. The van der Waals surface area contributed by atoms with Crippen LogP contribution >= 0.6 is 0 Å². The first-order chi connectivity index (χ1) is 10.3. The van der Waals surface area contributed by atoms with Crippen LogP contribution in [0.15, 0.2) is 30.3 Å². The van der Waals surface area contributed by atoms with Crippen LogP contribution in [0.2, 0.25) is 0 Å². The zero-order valence-corrected chi connectivity index (χ0v) is 12.5. The van der Waals surface area contributed by atoms with Gasteiger partial charge in [0.2, 0.25) is 0 Å². The smallest absolute Gasteiger partial charge is 0.430 e. The lowest BCUT2D eigenvalue weighted by Gasteiger charge is -2.06. The molecule has 0 N–H and O–H groups in total. The fraction of sp³-hybridized carbons (Fsp3) is 0.588. The molecule has 1 aromatic carbocycles. The summed E-state index contributed by atoms with van der Waals surface area (Å²) in [6, 6.07) is 10.2. The second kappa shape index (κ2) is 9.40. The highest BCUT2D eigenvalue weighted by molar-refractivity contribution is 5.61. The number of carbonyl (C=O) groups excluding carboxylic acids is 1. The van der Waals surface area contributed by atoms with E-state index in [1.54, 1.807) is 0 Å². The molecule has 1 aliphatic heterocycles. The number of hydrogen-bond donors (Lipinski definition) is 0. The Morgan fingerprint density at radius 1 is 1.05 bits per heavy atom. The summed E-state index contributed by atoms with van der Waals surface area (Å²) in [5.74, 6) is 0. The van der Waals surface area contributed by atoms with Crippen molar-refractivity contribution in [1.82, 2.24) is 0 Å². The Labute approximate surface area is 126 Å². The maximum absolute atomic E-state index is 10.7. The molecule has 1 fully saturated rings. The highest BCUT2D eigenvalue weighted by Crippen LogP contribution is 2.14. The number of rotatable bonds is 10. The molecular weight excluding hydrogens is 268 g/mol. The van der Waals surface area contributed by atoms with Crippen LogP contribution in [0.1, 0.15) is 44.1 Å². The predicted octanol–water partition coefficient (Wildman–Crippen LogP) is 4.08. The summed E-state index contributed by atoms with van der Waals surface area (Å²) in [5, 5.41) is 0. The molecule has 0 saturated carbocycles. The van der Waals surface area contributed by atoms with Crippen LogP contribution in [-0.4, -0.2) is 25.5 Å². The van der Waals surface area contributed by atoms with Crippen molar-refractivity contribution in [2.24, 2.45) is 0 Å². The molecule has 0 aliphatic carbocycles. The van der Waals surface area contributed by atoms with Gasteiger partial charge in [0, 0.05) is 6.61 Å². The summed E-state index contributed by atoms with van der Waals surface area (Å²) in [7, 11) is 0. The molecule has 1 aliphatic rings. The quantitative estimate of drug-likeness (QED) is 0.481. The lowest BCUT2D eigenvalue weighted by Crippen LogP contribution is -2.09. The minimum absolute atomic E-state index is 0.0216. The van der Waals surface area contributed by atoms with Crippen molar-refractivity contribution in [2.75, 3.05) is 13.2 Å². The van der Waals surface area contributed by atoms with Gasteiger partial charge in [0.1, 0.15) is 12.7 Å². The fourth-order valence-corrected chi connectivity index (χ4v) is 2.38. The summed E-state index contributed by atoms with van der Waals surface area (Å²) in [4.78, 5) is 10.7. The Kier molecular flexibility index (Phi) is 7.08. The van der Waals surface area contributed by atoms with E-state index in [0.717, 1.165) is 25.9 Å². The second-order valence-corrected chi connectivity index (χ2v) is 5.40. The van der Waals surface area contributed by atoms with Crippen molar-refractivity contribution in [3.63, 3.8) is 0 Å². The van der Waals surface area contributed by atoms with Crippen LogP contribution in [-0.2, 0) is 20.8 Å². The monoisotopic (exact) mass is 292 g/mol. The van der Waals surface area contributed by atoms with Crippen LogP contribution in [0.25, 0.3) is 0 Å². The summed E-state index contributed by atoms with van der Waals surface area (Å²) in [5.41, 5.74) is 1.23. The van der Waals surface area contributed by atoms with Gasteiger partial charge in [0.05, 0.1) is 6.61 Å². The number of benzene rings is 1. The van der Waals surface area contributed by atoms with E-state index in [2.05, 4.69) is 12.1 Å². The van der Waals surface area contributed by atoms with Crippen LogP contribution in [0, 0.1) is 0 Å². The van der Waals surface area contributed by atoms with Gasteiger partial charge in [0.15, 0.2) is 0 Å². The van der Waals surface area contributed by atoms with E-state index in [-0.39, 0.29) is 6.10 Å². The molecule has 1 saturated heterocycles. The van der Waals surface area contributed by atoms with E-state index in [9.17, 15) is 4.79 Å². The molecule has 2 rings (SSSR count). The summed E-state index contributed by atoms with van der Waals surface area (Å²) >= 11 is 0. The first-order valence-corrected chi connectivity index (χ1v) is 7.79. The molecule has 1 aromatic rings. The maximum atomic E-state index is 10.7. The van der Waals surface area contributed by atoms with Crippen LogP contribution in [0.5, 0.6) is 0 Å². The van der Waals surface area contributed by atoms with Gasteiger partial charge < -0.3 is 14.2 Å². The second-order valence-electron chi connectivity index (χ2n) is 5.40. The number of unbranched alkanes of at least 4 members (excludes halogenated alkanes) is 4. The average Bonchev–Trinajstić information content (AvgIpc) is 2.92. The van der Waals surface area contributed by atoms with Gasteiger partial charge in [-0.25, -0.2) is 4.79 Å². The third kappa shape index (κ3) is 6.63. The Hall–Kier alpha value is -1.55. The molecule has 1 atom stereocenters.